The summed E-state index contributed by atoms with van der Waals surface area (Å²) in [5, 5.41) is 11.5. The van der Waals surface area contributed by atoms with E-state index in [1.165, 1.54) is 6.07 Å². The van der Waals surface area contributed by atoms with Gasteiger partial charge in [-0.15, -0.1) is 0 Å². The second kappa shape index (κ2) is 7.76. The molecule has 0 radical (unpaired) electrons. The zero-order valence-electron chi connectivity index (χ0n) is 15.2. The van der Waals surface area contributed by atoms with Crippen LogP contribution in [0.4, 0.5) is 5.69 Å². The first-order chi connectivity index (χ1) is 12.5. The summed E-state index contributed by atoms with van der Waals surface area (Å²) in [5.41, 5.74) is 1.09. The highest BCUT2D eigenvalue weighted by atomic mass is 16.6. The molecule has 1 aromatic rings. The minimum atomic E-state index is -0.468. The number of carbonyl (C=O) groups excluding carboxylic acids is 1. The van der Waals surface area contributed by atoms with Gasteiger partial charge in [0.1, 0.15) is 0 Å². The molecule has 7 nitrogen and oxygen atoms in total. The second-order valence-corrected chi connectivity index (χ2v) is 6.56. The average molecular weight is 360 g/mol. The van der Waals surface area contributed by atoms with Gasteiger partial charge in [0, 0.05) is 25.1 Å². The molecular formula is C19H24N2O5. The van der Waals surface area contributed by atoms with Crippen LogP contribution < -0.4 is 9.47 Å². The summed E-state index contributed by atoms with van der Waals surface area (Å²) in [6, 6.07) is 3.17. The van der Waals surface area contributed by atoms with Gasteiger partial charge in [0.05, 0.1) is 23.8 Å². The number of carbonyl (C=O) groups is 1. The molecule has 3 saturated heterocycles. The Balaban J connectivity index is 2.03. The van der Waals surface area contributed by atoms with Crippen LogP contribution >= 0.6 is 0 Å². The number of rotatable bonds is 7. The number of benzene rings is 1. The predicted octanol–water partition coefficient (Wildman–Crippen LogP) is 3.42. The van der Waals surface area contributed by atoms with Crippen LogP contribution in [0.15, 0.2) is 17.8 Å². The summed E-state index contributed by atoms with van der Waals surface area (Å²) >= 11 is 0. The Morgan fingerprint density at radius 3 is 2.58 bits per heavy atom. The Morgan fingerprint density at radius 1 is 1.27 bits per heavy atom. The molecule has 0 amide bonds. The van der Waals surface area contributed by atoms with Crippen LogP contribution in [0.3, 0.4) is 0 Å². The topological polar surface area (TPSA) is 81.9 Å². The van der Waals surface area contributed by atoms with E-state index in [0.29, 0.717) is 30.2 Å². The molecule has 2 bridgehead atoms. The van der Waals surface area contributed by atoms with Gasteiger partial charge in [0.2, 0.25) is 5.75 Å². The van der Waals surface area contributed by atoms with Crippen molar-refractivity contribution in [2.75, 3.05) is 26.3 Å². The van der Waals surface area contributed by atoms with Gasteiger partial charge in [-0.05, 0) is 43.9 Å². The molecule has 26 heavy (non-hydrogen) atoms. The highest BCUT2D eigenvalue weighted by Crippen LogP contribution is 2.40. The van der Waals surface area contributed by atoms with Gasteiger partial charge < -0.3 is 14.4 Å². The predicted molar refractivity (Wildman–Crippen MR) is 97.3 cm³/mol. The third kappa shape index (κ3) is 3.52. The summed E-state index contributed by atoms with van der Waals surface area (Å²) in [7, 11) is 0. The maximum atomic E-state index is 12.5. The van der Waals surface area contributed by atoms with Gasteiger partial charge in [-0.1, -0.05) is 6.92 Å². The average Bonchev–Trinajstić information content (AvgIpc) is 2.64. The minimum absolute atomic E-state index is 0.0831. The lowest BCUT2D eigenvalue weighted by Gasteiger charge is -2.41. The molecule has 3 heterocycles. The van der Waals surface area contributed by atoms with E-state index in [1.54, 1.807) is 12.1 Å². The van der Waals surface area contributed by atoms with Gasteiger partial charge >= 0.3 is 5.69 Å². The molecule has 0 aromatic heterocycles. The van der Waals surface area contributed by atoms with Crippen LogP contribution in [0.25, 0.3) is 6.08 Å². The third-order valence-corrected chi connectivity index (χ3v) is 4.77. The van der Waals surface area contributed by atoms with Crippen molar-refractivity contribution in [3.63, 3.8) is 0 Å². The smallest absolute Gasteiger partial charge is 0.315 e. The summed E-state index contributed by atoms with van der Waals surface area (Å²) in [5.74, 6) is 0.706. The van der Waals surface area contributed by atoms with E-state index < -0.39 is 4.92 Å². The fraction of sp³-hybridized carbons (Fsp3) is 0.526. The van der Waals surface area contributed by atoms with E-state index in [-0.39, 0.29) is 23.1 Å². The molecule has 0 saturated carbocycles. The summed E-state index contributed by atoms with van der Waals surface area (Å²) in [6.45, 7) is 6.21. The molecule has 7 heteroatoms. The molecule has 0 N–H and O–H groups in total. The molecule has 3 aliphatic rings. The number of piperidine rings is 3. The van der Waals surface area contributed by atoms with Crippen LogP contribution in [0, 0.1) is 16.0 Å². The minimum Gasteiger partial charge on any atom is -0.490 e. The Kier molecular flexibility index (Phi) is 5.44. The lowest BCUT2D eigenvalue weighted by molar-refractivity contribution is -0.386. The highest BCUT2D eigenvalue weighted by Gasteiger charge is 2.36. The summed E-state index contributed by atoms with van der Waals surface area (Å²) in [6.07, 6.45) is 4.26. The Labute approximate surface area is 152 Å². The Morgan fingerprint density at radius 2 is 2.00 bits per heavy atom. The van der Waals surface area contributed by atoms with Crippen molar-refractivity contribution in [1.82, 2.24) is 4.90 Å². The molecule has 4 rings (SSSR count). The van der Waals surface area contributed by atoms with E-state index in [9.17, 15) is 14.9 Å². The van der Waals surface area contributed by atoms with Gasteiger partial charge in [0.15, 0.2) is 11.5 Å². The molecule has 0 unspecified atom stereocenters. The Bertz CT molecular complexity index is 736. The van der Waals surface area contributed by atoms with Crippen LogP contribution in [-0.2, 0) is 4.79 Å². The molecule has 0 spiro atoms. The van der Waals surface area contributed by atoms with Crippen molar-refractivity contribution in [3.05, 3.63) is 33.5 Å². The lowest BCUT2D eigenvalue weighted by atomic mass is 9.84. The van der Waals surface area contributed by atoms with Crippen molar-refractivity contribution in [2.24, 2.45) is 5.92 Å². The maximum Gasteiger partial charge on any atom is 0.315 e. The van der Waals surface area contributed by atoms with E-state index in [0.717, 1.165) is 32.4 Å². The van der Waals surface area contributed by atoms with Crippen LogP contribution in [0.1, 0.15) is 38.7 Å². The van der Waals surface area contributed by atoms with Crippen molar-refractivity contribution < 1.29 is 19.2 Å². The second-order valence-electron chi connectivity index (χ2n) is 6.56. The zero-order valence-corrected chi connectivity index (χ0v) is 15.2. The van der Waals surface area contributed by atoms with Crippen molar-refractivity contribution in [1.29, 1.82) is 0 Å². The van der Waals surface area contributed by atoms with Gasteiger partial charge in [0.25, 0.3) is 0 Å². The third-order valence-electron chi connectivity index (χ3n) is 4.77. The molecule has 140 valence electrons. The lowest BCUT2D eigenvalue weighted by Crippen LogP contribution is -2.45. The number of fused-ring (bicyclic) bond motifs is 3. The van der Waals surface area contributed by atoms with Crippen molar-refractivity contribution >= 4 is 17.5 Å². The molecule has 3 aliphatic heterocycles. The zero-order chi connectivity index (χ0) is 18.7. The molecule has 3 fully saturated rings. The van der Waals surface area contributed by atoms with Gasteiger partial charge in [-0.2, -0.15) is 0 Å². The normalized spacial score (nSPS) is 18.5. The molecule has 0 atom stereocenters. The number of hydrogen-bond donors (Lipinski definition) is 0. The van der Waals surface area contributed by atoms with Crippen molar-refractivity contribution in [2.45, 2.75) is 33.1 Å². The first-order valence-corrected chi connectivity index (χ1v) is 9.14. The van der Waals surface area contributed by atoms with Crippen molar-refractivity contribution in [3.8, 4) is 11.5 Å². The number of nitrogens with zero attached hydrogens (tertiary/aromatic N) is 2. The number of hydrogen-bond acceptors (Lipinski definition) is 6. The number of ether oxygens (including phenoxy) is 2. The molecular weight excluding hydrogens is 336 g/mol. The van der Waals surface area contributed by atoms with E-state index >= 15 is 0 Å². The number of allylic oxidation sites excluding steroid dienone is 1. The molecule has 0 aliphatic carbocycles. The maximum absolute atomic E-state index is 12.5. The molecule has 1 aromatic carbocycles. The standard InChI is InChI=1S/C19H24N2O5/c1-3-9-26-19-16(21(23)24)11-13(12-17(19)25-4-2)10-15-18(22)14-5-7-20(15)8-6-14/h10-12,14H,3-9H2,1-2H3/b15-10-. The van der Waals surface area contributed by atoms with E-state index in [1.807, 2.05) is 13.8 Å². The highest BCUT2D eigenvalue weighted by molar-refractivity contribution is 6.02. The number of nitro groups is 1. The SMILES string of the molecule is CCCOc1c(OCC)cc(/C=C2/C(=O)C3CCN2CC3)cc1[N+](=O)[O-]. The largest absolute Gasteiger partial charge is 0.490 e. The first-order valence-electron chi connectivity index (χ1n) is 9.14. The fourth-order valence-corrected chi connectivity index (χ4v) is 3.51. The quantitative estimate of drug-likeness (QED) is 0.421. The summed E-state index contributed by atoms with van der Waals surface area (Å²) < 4.78 is 11.2. The van der Waals surface area contributed by atoms with Gasteiger partial charge in [-0.3, -0.25) is 14.9 Å². The monoisotopic (exact) mass is 360 g/mol. The fourth-order valence-electron chi connectivity index (χ4n) is 3.51. The number of ketones is 1. The van der Waals surface area contributed by atoms with E-state index in [4.69, 9.17) is 9.47 Å². The van der Waals surface area contributed by atoms with E-state index in [2.05, 4.69) is 4.90 Å². The summed E-state index contributed by atoms with van der Waals surface area (Å²) in [4.78, 5) is 25.7. The Hall–Kier alpha value is -2.57. The number of Topliss-reactive ketones (excluding diaryl/α,β-unsaturated/α-hetero) is 1. The number of nitro benzene ring substituents is 1. The van der Waals surface area contributed by atoms with Crippen LogP contribution in [0.5, 0.6) is 11.5 Å². The van der Waals surface area contributed by atoms with Gasteiger partial charge in [-0.25, -0.2) is 0 Å². The van der Waals surface area contributed by atoms with Crippen LogP contribution in [0.2, 0.25) is 0 Å². The first kappa shape index (κ1) is 18.2. The van der Waals surface area contributed by atoms with Crippen LogP contribution in [-0.4, -0.2) is 41.9 Å².